The molecule has 1 aromatic rings. The Morgan fingerprint density at radius 1 is 1.47 bits per heavy atom. The zero-order valence-corrected chi connectivity index (χ0v) is 12.4. The maximum atomic E-state index is 11.4. The van der Waals surface area contributed by atoms with Crippen molar-refractivity contribution < 1.29 is 4.79 Å². The van der Waals surface area contributed by atoms with Crippen LogP contribution in [0.5, 0.6) is 0 Å². The molecule has 0 radical (unpaired) electrons. The maximum Gasteiger partial charge on any atom is 0.131 e. The van der Waals surface area contributed by atoms with Gasteiger partial charge < -0.3 is 0 Å². The minimum atomic E-state index is 0.302. The molecule has 1 aliphatic rings. The van der Waals surface area contributed by atoms with Crippen molar-refractivity contribution in [3.05, 3.63) is 17.5 Å². The zero-order valence-electron chi connectivity index (χ0n) is 12.4. The topological polar surface area (TPSA) is 38.1 Å². The molecular formula is C15H25N3O. The Morgan fingerprint density at radius 3 is 2.89 bits per heavy atom. The number of aromatic nitrogens is 2. The van der Waals surface area contributed by atoms with Gasteiger partial charge in [0.15, 0.2) is 0 Å². The molecular weight excluding hydrogens is 238 g/mol. The van der Waals surface area contributed by atoms with Crippen LogP contribution in [0.2, 0.25) is 0 Å². The predicted octanol–water partition coefficient (Wildman–Crippen LogP) is 2.32. The second-order valence-electron chi connectivity index (χ2n) is 5.63. The summed E-state index contributed by atoms with van der Waals surface area (Å²) in [6.07, 6.45) is 5.31. The van der Waals surface area contributed by atoms with Gasteiger partial charge in [-0.25, -0.2) is 0 Å². The summed E-state index contributed by atoms with van der Waals surface area (Å²) in [5.41, 5.74) is 2.41. The van der Waals surface area contributed by atoms with E-state index >= 15 is 0 Å². The van der Waals surface area contributed by atoms with E-state index in [1.807, 2.05) is 11.7 Å². The molecule has 106 valence electrons. The lowest BCUT2D eigenvalue weighted by Gasteiger charge is -2.35. The van der Waals surface area contributed by atoms with Gasteiger partial charge in [-0.15, -0.1) is 0 Å². The number of hydrogen-bond donors (Lipinski definition) is 0. The molecule has 2 heterocycles. The first kappa shape index (κ1) is 14.3. The van der Waals surface area contributed by atoms with E-state index in [1.54, 1.807) is 6.92 Å². The Morgan fingerprint density at radius 2 is 2.26 bits per heavy atom. The molecule has 0 saturated carbocycles. The fourth-order valence-corrected chi connectivity index (χ4v) is 2.93. The largest absolute Gasteiger partial charge is 0.300 e. The van der Waals surface area contributed by atoms with Gasteiger partial charge in [0.2, 0.25) is 0 Å². The molecule has 1 atom stereocenters. The predicted molar refractivity (Wildman–Crippen MR) is 75.9 cm³/mol. The van der Waals surface area contributed by atoms with Crippen molar-refractivity contribution in [2.45, 2.75) is 58.5 Å². The average Bonchev–Trinajstić information content (AvgIpc) is 2.72. The summed E-state index contributed by atoms with van der Waals surface area (Å²) in [5.74, 6) is 0.302. The van der Waals surface area contributed by atoms with E-state index in [0.717, 1.165) is 31.6 Å². The van der Waals surface area contributed by atoms with E-state index in [9.17, 15) is 4.79 Å². The lowest BCUT2D eigenvalue weighted by atomic mass is 9.97. The molecule has 0 spiro atoms. The van der Waals surface area contributed by atoms with Crippen LogP contribution in [0.3, 0.4) is 0 Å². The smallest absolute Gasteiger partial charge is 0.131 e. The Labute approximate surface area is 115 Å². The van der Waals surface area contributed by atoms with E-state index in [2.05, 4.69) is 23.0 Å². The van der Waals surface area contributed by atoms with Gasteiger partial charge in [0, 0.05) is 26.1 Å². The molecule has 0 bridgehead atoms. The molecule has 4 nitrogen and oxygen atoms in total. The number of carbonyl (C=O) groups excluding carboxylic acids is 1. The summed E-state index contributed by atoms with van der Waals surface area (Å²) < 4.78 is 1.98. The van der Waals surface area contributed by atoms with Gasteiger partial charge in [0.25, 0.3) is 0 Å². The van der Waals surface area contributed by atoms with Gasteiger partial charge in [0.1, 0.15) is 5.78 Å². The highest BCUT2D eigenvalue weighted by molar-refractivity contribution is 5.76. The lowest BCUT2D eigenvalue weighted by molar-refractivity contribution is -0.118. The number of aryl methyl sites for hydroxylation is 2. The van der Waals surface area contributed by atoms with E-state index in [1.165, 1.54) is 18.5 Å². The molecule has 1 aromatic heterocycles. The molecule has 0 N–H and O–H groups in total. The molecule has 1 aliphatic heterocycles. The third kappa shape index (κ3) is 3.66. The molecule has 0 amide bonds. The van der Waals surface area contributed by atoms with E-state index < -0.39 is 0 Å². The highest BCUT2D eigenvalue weighted by atomic mass is 16.1. The highest BCUT2D eigenvalue weighted by Crippen LogP contribution is 2.22. The molecule has 19 heavy (non-hydrogen) atoms. The Bertz CT molecular complexity index is 439. The van der Waals surface area contributed by atoms with Crippen molar-refractivity contribution in [1.82, 2.24) is 14.7 Å². The summed E-state index contributed by atoms with van der Waals surface area (Å²) in [7, 11) is 2.01. The molecule has 1 unspecified atom stereocenters. The number of Topliss-reactive ketones (excluding diaryl/α,β-unsaturated/α-hetero) is 1. The number of carbonyl (C=O) groups is 1. The number of piperidine rings is 1. The van der Waals surface area contributed by atoms with Crippen molar-refractivity contribution in [2.75, 3.05) is 6.54 Å². The van der Waals surface area contributed by atoms with Gasteiger partial charge in [-0.1, -0.05) is 13.3 Å². The van der Waals surface area contributed by atoms with Crippen LogP contribution in [0.15, 0.2) is 6.07 Å². The van der Waals surface area contributed by atoms with E-state index in [-0.39, 0.29) is 0 Å². The van der Waals surface area contributed by atoms with Crippen LogP contribution < -0.4 is 0 Å². The van der Waals surface area contributed by atoms with Crippen LogP contribution >= 0.6 is 0 Å². The standard InChI is InChI=1S/C15H25N3O/c1-4-13-10-15(17(3)16-13)11-18-8-6-5-7-14(18)9-12(2)19/h10,14H,4-9,11H2,1-3H3. The second-order valence-corrected chi connectivity index (χ2v) is 5.63. The molecule has 2 rings (SSSR count). The van der Waals surface area contributed by atoms with Crippen LogP contribution in [0.1, 0.15) is 50.9 Å². The Hall–Kier alpha value is -1.16. The minimum Gasteiger partial charge on any atom is -0.300 e. The normalized spacial score (nSPS) is 20.7. The molecule has 0 aromatic carbocycles. The fourth-order valence-electron chi connectivity index (χ4n) is 2.93. The van der Waals surface area contributed by atoms with Crippen molar-refractivity contribution in [3.63, 3.8) is 0 Å². The highest BCUT2D eigenvalue weighted by Gasteiger charge is 2.24. The van der Waals surface area contributed by atoms with Gasteiger partial charge in [-0.3, -0.25) is 14.4 Å². The summed E-state index contributed by atoms with van der Waals surface area (Å²) >= 11 is 0. The quantitative estimate of drug-likeness (QED) is 0.818. The zero-order chi connectivity index (χ0) is 13.8. The van der Waals surface area contributed by atoms with Gasteiger partial charge in [-0.2, -0.15) is 5.10 Å². The van der Waals surface area contributed by atoms with Crippen LogP contribution in [0.25, 0.3) is 0 Å². The first-order chi connectivity index (χ1) is 9.10. The molecule has 1 fully saturated rings. The summed E-state index contributed by atoms with van der Waals surface area (Å²) in [6, 6.07) is 2.62. The number of ketones is 1. The van der Waals surface area contributed by atoms with Gasteiger partial charge in [0.05, 0.1) is 11.4 Å². The van der Waals surface area contributed by atoms with Crippen molar-refractivity contribution in [2.24, 2.45) is 7.05 Å². The first-order valence-electron chi connectivity index (χ1n) is 7.35. The number of rotatable bonds is 5. The number of likely N-dealkylation sites (tertiary alicyclic amines) is 1. The van der Waals surface area contributed by atoms with E-state index in [0.29, 0.717) is 18.2 Å². The van der Waals surface area contributed by atoms with Crippen LogP contribution in [-0.2, 0) is 24.8 Å². The number of hydrogen-bond acceptors (Lipinski definition) is 3. The summed E-state index contributed by atoms with van der Waals surface area (Å²) in [6.45, 7) is 5.85. The molecule has 0 aliphatic carbocycles. The van der Waals surface area contributed by atoms with Gasteiger partial charge in [-0.05, 0) is 38.8 Å². The lowest BCUT2D eigenvalue weighted by Crippen LogP contribution is -2.40. The van der Waals surface area contributed by atoms with Crippen LogP contribution in [0.4, 0.5) is 0 Å². The third-order valence-electron chi connectivity index (χ3n) is 4.03. The van der Waals surface area contributed by atoms with Crippen LogP contribution in [0, 0.1) is 0 Å². The SMILES string of the molecule is CCc1cc(CN2CCCCC2CC(C)=O)n(C)n1. The van der Waals surface area contributed by atoms with Crippen molar-refractivity contribution in [1.29, 1.82) is 0 Å². The minimum absolute atomic E-state index is 0.302. The summed E-state index contributed by atoms with van der Waals surface area (Å²) in [5, 5.41) is 4.50. The Kier molecular flexibility index (Phi) is 4.75. The van der Waals surface area contributed by atoms with Crippen molar-refractivity contribution >= 4 is 5.78 Å². The molecule has 4 heteroatoms. The van der Waals surface area contributed by atoms with E-state index in [4.69, 9.17) is 0 Å². The first-order valence-corrected chi connectivity index (χ1v) is 7.35. The fraction of sp³-hybridized carbons (Fsp3) is 0.733. The average molecular weight is 263 g/mol. The Balaban J connectivity index is 2.05. The summed E-state index contributed by atoms with van der Waals surface area (Å²) in [4.78, 5) is 13.8. The monoisotopic (exact) mass is 263 g/mol. The van der Waals surface area contributed by atoms with Gasteiger partial charge >= 0.3 is 0 Å². The third-order valence-corrected chi connectivity index (χ3v) is 4.03. The molecule has 1 saturated heterocycles. The second kappa shape index (κ2) is 6.33. The van der Waals surface area contributed by atoms with Crippen LogP contribution in [-0.4, -0.2) is 33.1 Å². The maximum absolute atomic E-state index is 11.4. The van der Waals surface area contributed by atoms with Crippen molar-refractivity contribution in [3.8, 4) is 0 Å². The number of nitrogens with zero attached hydrogens (tertiary/aromatic N) is 3.